The molecule has 1 unspecified atom stereocenters. The Morgan fingerprint density at radius 2 is 2.04 bits per heavy atom. The van der Waals surface area contributed by atoms with Crippen LogP contribution in [0.15, 0.2) is 40.6 Å². The molecule has 0 bridgehead atoms. The van der Waals surface area contributed by atoms with Crippen molar-refractivity contribution in [2.45, 2.75) is 26.3 Å². The van der Waals surface area contributed by atoms with Gasteiger partial charge in [-0.25, -0.2) is 4.98 Å². The van der Waals surface area contributed by atoms with Crippen molar-refractivity contribution in [3.05, 3.63) is 51.8 Å². The second-order valence-corrected chi connectivity index (χ2v) is 7.76. The fraction of sp³-hybridized carbons (Fsp3) is 0.350. The number of methoxy groups -OCH3 is 1. The van der Waals surface area contributed by atoms with Crippen LogP contribution in [0.2, 0.25) is 0 Å². The molecule has 3 aromatic rings. The van der Waals surface area contributed by atoms with Gasteiger partial charge in [0.25, 0.3) is 11.5 Å². The molecular formula is C20H23N3O4S. The molecule has 1 amide bonds. The summed E-state index contributed by atoms with van der Waals surface area (Å²) in [5.74, 6) is 0.491. The Hall–Kier alpha value is -2.71. The third-order valence-electron chi connectivity index (χ3n) is 4.39. The zero-order chi connectivity index (χ0) is 20.3. The van der Waals surface area contributed by atoms with Gasteiger partial charge in [-0.2, -0.15) is 0 Å². The summed E-state index contributed by atoms with van der Waals surface area (Å²) in [6.07, 6.45) is 1.92. The van der Waals surface area contributed by atoms with E-state index in [2.05, 4.69) is 10.3 Å². The predicted molar refractivity (Wildman–Crippen MR) is 109 cm³/mol. The van der Waals surface area contributed by atoms with Crippen molar-refractivity contribution in [3.8, 4) is 17.0 Å². The van der Waals surface area contributed by atoms with Gasteiger partial charge in [-0.15, -0.1) is 11.3 Å². The van der Waals surface area contributed by atoms with Crippen LogP contribution < -0.4 is 15.6 Å². The van der Waals surface area contributed by atoms with Crippen LogP contribution in [-0.2, 0) is 0 Å². The van der Waals surface area contributed by atoms with Gasteiger partial charge in [0.2, 0.25) is 0 Å². The van der Waals surface area contributed by atoms with Gasteiger partial charge < -0.3 is 15.2 Å². The highest BCUT2D eigenvalue weighted by molar-refractivity contribution is 7.15. The monoisotopic (exact) mass is 401 g/mol. The fourth-order valence-electron chi connectivity index (χ4n) is 3.02. The summed E-state index contributed by atoms with van der Waals surface area (Å²) in [5, 5.41) is 14.1. The minimum absolute atomic E-state index is 0.0483. The van der Waals surface area contributed by atoms with Crippen LogP contribution in [0.5, 0.6) is 5.75 Å². The lowest BCUT2D eigenvalue weighted by atomic mass is 10.0. The number of aliphatic hydroxyl groups is 1. The molecule has 0 fully saturated rings. The maximum atomic E-state index is 13.0. The number of thiazole rings is 1. The topological polar surface area (TPSA) is 92.9 Å². The fourth-order valence-corrected chi connectivity index (χ4v) is 3.88. The third-order valence-corrected chi connectivity index (χ3v) is 5.23. The van der Waals surface area contributed by atoms with E-state index in [0.29, 0.717) is 28.7 Å². The van der Waals surface area contributed by atoms with Crippen molar-refractivity contribution < 1.29 is 14.6 Å². The van der Waals surface area contributed by atoms with Gasteiger partial charge in [-0.05, 0) is 42.2 Å². The van der Waals surface area contributed by atoms with Crippen LogP contribution in [0.1, 0.15) is 30.6 Å². The summed E-state index contributed by atoms with van der Waals surface area (Å²) in [6.45, 7) is 3.82. The summed E-state index contributed by atoms with van der Waals surface area (Å²) in [5.41, 5.74) is 1.00. The average Bonchev–Trinajstić information content (AvgIpc) is 3.12. The second kappa shape index (κ2) is 8.53. The van der Waals surface area contributed by atoms with Gasteiger partial charge in [0, 0.05) is 11.6 Å². The van der Waals surface area contributed by atoms with E-state index in [0.717, 1.165) is 5.56 Å². The first-order chi connectivity index (χ1) is 13.4. The minimum Gasteiger partial charge on any atom is -0.497 e. The summed E-state index contributed by atoms with van der Waals surface area (Å²) in [4.78, 5) is 30.4. The number of amides is 1. The number of aliphatic hydroxyl groups excluding tert-OH is 1. The second-order valence-electron chi connectivity index (χ2n) is 6.93. The largest absolute Gasteiger partial charge is 0.497 e. The highest BCUT2D eigenvalue weighted by Crippen LogP contribution is 2.25. The first kappa shape index (κ1) is 20.0. The standard InChI is InChI=1S/C20H23N3O4S/c1-12(2)8-14(10-24)22-18(25)16-9-21-20-23(19(16)26)17(11-28-20)13-4-6-15(27-3)7-5-13/h4-7,9,11-12,14,24H,8,10H2,1-3H3,(H,22,25). The molecular weight excluding hydrogens is 378 g/mol. The van der Waals surface area contributed by atoms with Crippen molar-refractivity contribution in [2.75, 3.05) is 13.7 Å². The summed E-state index contributed by atoms with van der Waals surface area (Å²) >= 11 is 1.33. The molecule has 0 aliphatic heterocycles. The molecule has 148 valence electrons. The third kappa shape index (κ3) is 4.07. The van der Waals surface area contributed by atoms with Gasteiger partial charge in [-0.3, -0.25) is 14.0 Å². The molecule has 2 aromatic heterocycles. The number of hydrogen-bond donors (Lipinski definition) is 2. The number of rotatable bonds is 7. The molecule has 0 aliphatic rings. The van der Waals surface area contributed by atoms with Gasteiger partial charge in [0.05, 0.1) is 25.5 Å². The first-order valence-electron chi connectivity index (χ1n) is 9.00. The van der Waals surface area contributed by atoms with Crippen molar-refractivity contribution in [1.29, 1.82) is 0 Å². The molecule has 0 aliphatic carbocycles. The summed E-state index contributed by atoms with van der Waals surface area (Å²) in [6, 6.07) is 6.92. The van der Waals surface area contributed by atoms with E-state index in [-0.39, 0.29) is 12.2 Å². The summed E-state index contributed by atoms with van der Waals surface area (Å²) in [7, 11) is 1.59. The van der Waals surface area contributed by atoms with E-state index in [1.54, 1.807) is 7.11 Å². The summed E-state index contributed by atoms with van der Waals surface area (Å²) < 4.78 is 6.61. The lowest BCUT2D eigenvalue weighted by Gasteiger charge is -2.18. The van der Waals surface area contributed by atoms with Crippen LogP contribution >= 0.6 is 11.3 Å². The molecule has 0 radical (unpaired) electrons. The quantitative estimate of drug-likeness (QED) is 0.635. The molecule has 1 atom stereocenters. The van der Waals surface area contributed by atoms with Crippen molar-refractivity contribution in [3.63, 3.8) is 0 Å². The number of hydrogen-bond acceptors (Lipinski definition) is 6. The SMILES string of the molecule is COc1ccc(-c2csc3ncc(C(=O)NC(CO)CC(C)C)c(=O)n23)cc1. The van der Waals surface area contributed by atoms with E-state index in [9.17, 15) is 14.7 Å². The van der Waals surface area contributed by atoms with Crippen molar-refractivity contribution >= 4 is 22.2 Å². The number of aromatic nitrogens is 2. The molecule has 2 N–H and O–H groups in total. The van der Waals surface area contributed by atoms with Gasteiger partial charge >= 0.3 is 0 Å². The number of fused-ring (bicyclic) bond motifs is 1. The zero-order valence-corrected chi connectivity index (χ0v) is 16.8. The molecule has 8 heteroatoms. The maximum Gasteiger partial charge on any atom is 0.271 e. The van der Waals surface area contributed by atoms with E-state index in [1.807, 2.05) is 43.5 Å². The predicted octanol–water partition coefficient (Wildman–Crippen LogP) is 2.57. The van der Waals surface area contributed by atoms with Gasteiger partial charge in [0.1, 0.15) is 11.3 Å². The smallest absolute Gasteiger partial charge is 0.271 e. The molecule has 3 rings (SSSR count). The Kier molecular flexibility index (Phi) is 6.11. The first-order valence-corrected chi connectivity index (χ1v) is 9.88. The number of nitrogens with one attached hydrogen (secondary N) is 1. The normalized spacial score (nSPS) is 12.3. The number of ether oxygens (including phenoxy) is 1. The molecule has 1 aromatic carbocycles. The van der Waals surface area contributed by atoms with Crippen LogP contribution in [0.4, 0.5) is 0 Å². The Morgan fingerprint density at radius 3 is 2.64 bits per heavy atom. The molecule has 0 saturated heterocycles. The lowest BCUT2D eigenvalue weighted by molar-refractivity contribution is 0.0906. The van der Waals surface area contributed by atoms with Crippen LogP contribution in [0, 0.1) is 5.92 Å². The van der Waals surface area contributed by atoms with Gasteiger partial charge in [0.15, 0.2) is 4.96 Å². The lowest BCUT2D eigenvalue weighted by Crippen LogP contribution is -2.41. The van der Waals surface area contributed by atoms with E-state index < -0.39 is 17.5 Å². The highest BCUT2D eigenvalue weighted by Gasteiger charge is 2.20. The number of nitrogens with zero attached hydrogens (tertiary/aromatic N) is 2. The zero-order valence-electron chi connectivity index (χ0n) is 16.0. The van der Waals surface area contributed by atoms with Crippen molar-refractivity contribution in [2.24, 2.45) is 5.92 Å². The van der Waals surface area contributed by atoms with E-state index >= 15 is 0 Å². The van der Waals surface area contributed by atoms with Crippen molar-refractivity contribution in [1.82, 2.24) is 14.7 Å². The average molecular weight is 401 g/mol. The Labute approximate surface area is 166 Å². The maximum absolute atomic E-state index is 13.0. The minimum atomic E-state index is -0.529. The Morgan fingerprint density at radius 1 is 1.32 bits per heavy atom. The molecule has 7 nitrogen and oxygen atoms in total. The highest BCUT2D eigenvalue weighted by atomic mass is 32.1. The van der Waals surface area contributed by atoms with Gasteiger partial charge in [-0.1, -0.05) is 13.8 Å². The number of benzene rings is 1. The Bertz CT molecular complexity index is 1020. The molecule has 2 heterocycles. The van der Waals surface area contributed by atoms with Crippen LogP contribution in [0.25, 0.3) is 16.2 Å². The van der Waals surface area contributed by atoms with E-state index in [4.69, 9.17) is 4.74 Å². The van der Waals surface area contributed by atoms with Crippen LogP contribution in [-0.4, -0.2) is 40.2 Å². The molecule has 28 heavy (non-hydrogen) atoms. The molecule has 0 saturated carbocycles. The molecule has 0 spiro atoms. The Balaban J connectivity index is 1.98. The van der Waals surface area contributed by atoms with Crippen LogP contribution in [0.3, 0.4) is 0 Å². The van der Waals surface area contributed by atoms with E-state index in [1.165, 1.54) is 21.9 Å². The number of carbonyl (C=O) groups excluding carboxylic acids is 1. The number of carbonyl (C=O) groups is 1.